The summed E-state index contributed by atoms with van der Waals surface area (Å²) in [6.07, 6.45) is 1.48. The van der Waals surface area contributed by atoms with Crippen molar-refractivity contribution in [3.63, 3.8) is 0 Å². The smallest absolute Gasteiger partial charge is 0.339 e. The molecule has 0 aromatic heterocycles. The third-order valence-electron chi connectivity index (χ3n) is 4.64. The molecule has 0 atom stereocenters. The molecule has 3 aromatic carbocycles. The summed E-state index contributed by atoms with van der Waals surface area (Å²) in [5.74, 6) is 0.492. The van der Waals surface area contributed by atoms with Crippen LogP contribution < -0.4 is 14.3 Å². The zero-order chi connectivity index (χ0) is 23.1. The maximum Gasteiger partial charge on any atom is 0.339 e. The van der Waals surface area contributed by atoms with Crippen LogP contribution in [0.5, 0.6) is 11.5 Å². The van der Waals surface area contributed by atoms with E-state index >= 15 is 0 Å². The Kier molecular flexibility index (Phi) is 7.27. The molecule has 0 aliphatic carbocycles. The van der Waals surface area contributed by atoms with Gasteiger partial charge in [-0.1, -0.05) is 42.0 Å². The molecule has 166 valence electrons. The van der Waals surface area contributed by atoms with Crippen molar-refractivity contribution in [2.75, 3.05) is 7.11 Å². The normalized spacial score (nSPS) is 11.3. The van der Waals surface area contributed by atoms with Gasteiger partial charge in [-0.15, -0.1) is 0 Å². The van der Waals surface area contributed by atoms with E-state index in [0.29, 0.717) is 16.9 Å². The molecule has 1 amide bonds. The minimum absolute atomic E-state index is 0.0563. The Hall–Kier alpha value is -3.65. The molecule has 0 aliphatic heterocycles. The number of carbonyl (C=O) groups is 1. The number of hydrogen-bond donors (Lipinski definition) is 1. The second-order valence-electron chi connectivity index (χ2n) is 7.17. The monoisotopic (exact) mass is 452 g/mol. The van der Waals surface area contributed by atoms with Gasteiger partial charge in [-0.25, -0.2) is 5.43 Å². The van der Waals surface area contributed by atoms with Crippen LogP contribution in [0.2, 0.25) is 0 Å². The number of hydrogen-bond acceptors (Lipinski definition) is 6. The summed E-state index contributed by atoms with van der Waals surface area (Å²) in [5, 5.41) is 3.97. The maximum absolute atomic E-state index is 12.7. The zero-order valence-corrected chi connectivity index (χ0v) is 18.8. The number of benzene rings is 3. The third kappa shape index (κ3) is 5.95. The second kappa shape index (κ2) is 10.1. The fourth-order valence-corrected chi connectivity index (χ4v) is 3.95. The Morgan fingerprint density at radius 1 is 1.03 bits per heavy atom. The van der Waals surface area contributed by atoms with E-state index in [1.807, 2.05) is 13.0 Å². The molecular formula is C24H24N2O5S. The fraction of sp³-hybridized carbons (Fsp3) is 0.167. The van der Waals surface area contributed by atoms with Gasteiger partial charge in [-0.05, 0) is 55.3 Å². The molecule has 1 N–H and O–H groups in total. The standard InChI is InChI=1S/C24H24N2O5S/c1-17-10-12-22(13-11-17)32(28,29)31-24-18(2)6-4-8-20(24)16-25-26-23(27)15-19-7-5-9-21(14-19)30-3/h4-14,16H,15H2,1-3H3,(H,26,27). The van der Waals surface area contributed by atoms with Crippen LogP contribution in [0.3, 0.4) is 0 Å². The van der Waals surface area contributed by atoms with E-state index in [-0.39, 0.29) is 23.0 Å². The summed E-state index contributed by atoms with van der Waals surface area (Å²) < 4.78 is 36.0. The highest BCUT2D eigenvalue weighted by Gasteiger charge is 2.19. The number of methoxy groups -OCH3 is 1. The molecule has 7 nitrogen and oxygen atoms in total. The Morgan fingerprint density at radius 3 is 2.47 bits per heavy atom. The van der Waals surface area contributed by atoms with Gasteiger partial charge >= 0.3 is 10.1 Å². The van der Waals surface area contributed by atoms with Crippen LogP contribution in [-0.4, -0.2) is 27.6 Å². The fourth-order valence-electron chi connectivity index (χ4n) is 2.93. The Labute approximate surface area is 187 Å². The first-order chi connectivity index (χ1) is 15.3. The minimum Gasteiger partial charge on any atom is -0.497 e. The van der Waals surface area contributed by atoms with Crippen LogP contribution in [-0.2, 0) is 21.3 Å². The lowest BCUT2D eigenvalue weighted by Crippen LogP contribution is -2.20. The van der Waals surface area contributed by atoms with Gasteiger partial charge in [-0.2, -0.15) is 13.5 Å². The molecule has 0 saturated heterocycles. The molecule has 0 radical (unpaired) electrons. The highest BCUT2D eigenvalue weighted by atomic mass is 32.2. The van der Waals surface area contributed by atoms with Crippen LogP contribution >= 0.6 is 0 Å². The van der Waals surface area contributed by atoms with E-state index < -0.39 is 10.1 Å². The molecule has 3 aromatic rings. The topological polar surface area (TPSA) is 94.1 Å². The highest BCUT2D eigenvalue weighted by molar-refractivity contribution is 7.87. The predicted molar refractivity (Wildman–Crippen MR) is 123 cm³/mol. The molecule has 0 bridgehead atoms. The van der Waals surface area contributed by atoms with Crippen LogP contribution in [0, 0.1) is 13.8 Å². The first-order valence-electron chi connectivity index (χ1n) is 9.84. The number of rotatable bonds is 8. The number of hydrazone groups is 1. The summed E-state index contributed by atoms with van der Waals surface area (Å²) in [5.41, 5.74) is 5.21. The molecule has 3 rings (SSSR count). The summed E-state index contributed by atoms with van der Waals surface area (Å²) in [6, 6.07) is 18.7. The van der Waals surface area contributed by atoms with E-state index in [4.69, 9.17) is 8.92 Å². The molecule has 32 heavy (non-hydrogen) atoms. The Morgan fingerprint density at radius 2 is 1.75 bits per heavy atom. The van der Waals surface area contributed by atoms with Crippen molar-refractivity contribution >= 4 is 22.2 Å². The van der Waals surface area contributed by atoms with Crippen LogP contribution in [0.1, 0.15) is 22.3 Å². The van der Waals surface area contributed by atoms with Crippen molar-refractivity contribution in [2.24, 2.45) is 5.10 Å². The zero-order valence-electron chi connectivity index (χ0n) is 18.0. The van der Waals surface area contributed by atoms with Crippen LogP contribution in [0.4, 0.5) is 0 Å². The molecule has 0 unspecified atom stereocenters. The van der Waals surface area contributed by atoms with Crippen molar-refractivity contribution in [2.45, 2.75) is 25.2 Å². The number of aryl methyl sites for hydroxylation is 2. The number of amides is 1. The summed E-state index contributed by atoms with van der Waals surface area (Å²) in [6.45, 7) is 3.61. The summed E-state index contributed by atoms with van der Waals surface area (Å²) in [7, 11) is -2.47. The van der Waals surface area contributed by atoms with E-state index in [1.54, 1.807) is 62.6 Å². The average molecular weight is 453 g/mol. The quantitative estimate of drug-likeness (QED) is 0.319. The lowest BCUT2D eigenvalue weighted by molar-refractivity contribution is -0.120. The number of para-hydroxylation sites is 1. The number of nitrogens with zero attached hydrogens (tertiary/aromatic N) is 1. The van der Waals surface area contributed by atoms with Crippen LogP contribution in [0.15, 0.2) is 76.7 Å². The van der Waals surface area contributed by atoms with Crippen molar-refractivity contribution in [1.29, 1.82) is 0 Å². The molecule has 0 aliphatic rings. The van der Waals surface area contributed by atoms with Crippen molar-refractivity contribution in [3.05, 3.63) is 89.0 Å². The van der Waals surface area contributed by atoms with Gasteiger partial charge in [0.05, 0.1) is 19.7 Å². The first kappa shape index (κ1) is 23.0. The summed E-state index contributed by atoms with van der Waals surface area (Å²) >= 11 is 0. The Bertz CT molecular complexity index is 1240. The molecule has 0 spiro atoms. The number of carbonyl (C=O) groups excluding carboxylic acids is 1. The SMILES string of the molecule is COc1cccc(CC(=O)NN=Cc2cccc(C)c2OS(=O)(=O)c2ccc(C)cc2)c1. The van der Waals surface area contributed by atoms with Gasteiger partial charge in [0.25, 0.3) is 0 Å². The third-order valence-corrected chi connectivity index (χ3v) is 5.87. The molecule has 0 heterocycles. The van der Waals surface area contributed by atoms with E-state index in [2.05, 4.69) is 10.5 Å². The second-order valence-corrected chi connectivity index (χ2v) is 8.71. The lowest BCUT2D eigenvalue weighted by Gasteiger charge is -2.12. The van der Waals surface area contributed by atoms with Crippen molar-refractivity contribution in [3.8, 4) is 11.5 Å². The predicted octanol–water partition coefficient (Wildman–Crippen LogP) is 3.77. The Balaban J connectivity index is 1.73. The van der Waals surface area contributed by atoms with Gasteiger partial charge in [0, 0.05) is 5.56 Å². The number of nitrogens with one attached hydrogen (secondary N) is 1. The van der Waals surface area contributed by atoms with E-state index in [9.17, 15) is 13.2 Å². The lowest BCUT2D eigenvalue weighted by atomic mass is 10.1. The van der Waals surface area contributed by atoms with Gasteiger partial charge < -0.3 is 8.92 Å². The van der Waals surface area contributed by atoms with Crippen molar-refractivity contribution < 1.29 is 22.1 Å². The minimum atomic E-state index is -4.02. The summed E-state index contributed by atoms with van der Waals surface area (Å²) in [4.78, 5) is 12.3. The maximum atomic E-state index is 12.7. The van der Waals surface area contributed by atoms with E-state index in [0.717, 1.165) is 11.1 Å². The molecule has 8 heteroatoms. The molecule has 0 saturated carbocycles. The molecule has 0 fully saturated rings. The number of ether oxygens (including phenoxy) is 1. The highest BCUT2D eigenvalue weighted by Crippen LogP contribution is 2.26. The first-order valence-corrected chi connectivity index (χ1v) is 11.2. The van der Waals surface area contributed by atoms with Crippen molar-refractivity contribution in [1.82, 2.24) is 5.43 Å². The van der Waals surface area contributed by atoms with Gasteiger partial charge in [0.15, 0.2) is 5.75 Å². The molecular weight excluding hydrogens is 428 g/mol. The van der Waals surface area contributed by atoms with Gasteiger partial charge in [-0.3, -0.25) is 4.79 Å². The van der Waals surface area contributed by atoms with E-state index in [1.165, 1.54) is 18.3 Å². The van der Waals surface area contributed by atoms with Gasteiger partial charge in [0.2, 0.25) is 5.91 Å². The largest absolute Gasteiger partial charge is 0.497 e. The average Bonchev–Trinajstić information content (AvgIpc) is 2.76. The van der Waals surface area contributed by atoms with Crippen LogP contribution in [0.25, 0.3) is 0 Å². The van der Waals surface area contributed by atoms with Gasteiger partial charge in [0.1, 0.15) is 10.6 Å².